The van der Waals surface area contributed by atoms with Gasteiger partial charge >= 0.3 is 0 Å². The Bertz CT molecular complexity index is 560. The highest BCUT2D eigenvalue weighted by atomic mass is 35.5. The van der Waals surface area contributed by atoms with Crippen molar-refractivity contribution in [1.29, 1.82) is 0 Å². The van der Waals surface area contributed by atoms with E-state index in [0.29, 0.717) is 20.5 Å². The molecule has 5 heteroatoms. The van der Waals surface area contributed by atoms with E-state index in [1.54, 1.807) is 18.2 Å². The Balaban J connectivity index is 2.35. The van der Waals surface area contributed by atoms with Gasteiger partial charge in [0.1, 0.15) is 11.6 Å². The van der Waals surface area contributed by atoms with Crippen LogP contribution < -0.4 is 5.73 Å². The van der Waals surface area contributed by atoms with Crippen molar-refractivity contribution in [2.75, 3.05) is 5.73 Å². The summed E-state index contributed by atoms with van der Waals surface area (Å²) in [5.74, 6) is -1.22. The molecule has 0 heterocycles. The van der Waals surface area contributed by atoms with E-state index in [-0.39, 0.29) is 0 Å². The van der Waals surface area contributed by atoms with Gasteiger partial charge in [0.05, 0.1) is 10.7 Å². The maximum Gasteiger partial charge on any atom is 0.140 e. The van der Waals surface area contributed by atoms with Crippen LogP contribution >= 0.6 is 23.4 Å². The van der Waals surface area contributed by atoms with Crippen LogP contribution in [0.3, 0.4) is 0 Å². The van der Waals surface area contributed by atoms with Crippen LogP contribution in [-0.2, 0) is 0 Å². The molecule has 0 atom stereocenters. The van der Waals surface area contributed by atoms with E-state index in [2.05, 4.69) is 0 Å². The predicted octanol–water partition coefficient (Wildman–Crippen LogP) is 4.35. The van der Waals surface area contributed by atoms with Gasteiger partial charge in [0, 0.05) is 15.9 Å². The molecule has 17 heavy (non-hydrogen) atoms. The van der Waals surface area contributed by atoms with Crippen molar-refractivity contribution in [2.24, 2.45) is 0 Å². The molecule has 2 rings (SSSR count). The number of nitrogens with two attached hydrogens (primary N) is 1. The lowest BCUT2D eigenvalue weighted by atomic mass is 10.3. The zero-order chi connectivity index (χ0) is 12.4. The number of hydrogen-bond acceptors (Lipinski definition) is 2. The molecule has 2 aromatic rings. The number of hydrogen-bond donors (Lipinski definition) is 1. The van der Waals surface area contributed by atoms with Gasteiger partial charge in [-0.05, 0) is 24.3 Å². The predicted molar refractivity (Wildman–Crippen MR) is 66.3 cm³/mol. The molecule has 0 aromatic heterocycles. The first-order chi connectivity index (χ1) is 8.08. The molecular weight excluding hydrogens is 264 g/mol. The fourth-order valence-electron chi connectivity index (χ4n) is 1.28. The molecule has 2 aromatic carbocycles. The summed E-state index contributed by atoms with van der Waals surface area (Å²) in [6, 6.07) is 8.52. The number of para-hydroxylation sites is 1. The second kappa shape index (κ2) is 4.94. The number of rotatable bonds is 2. The van der Waals surface area contributed by atoms with Gasteiger partial charge in [0.25, 0.3) is 0 Å². The zero-order valence-corrected chi connectivity index (χ0v) is 10.2. The van der Waals surface area contributed by atoms with Gasteiger partial charge in [0.2, 0.25) is 0 Å². The van der Waals surface area contributed by atoms with Crippen molar-refractivity contribution in [3.8, 4) is 0 Å². The summed E-state index contributed by atoms with van der Waals surface area (Å²) >= 11 is 6.97. The smallest absolute Gasteiger partial charge is 0.140 e. The molecule has 0 fully saturated rings. The first-order valence-electron chi connectivity index (χ1n) is 4.75. The third-order valence-electron chi connectivity index (χ3n) is 2.13. The van der Waals surface area contributed by atoms with E-state index in [1.807, 2.05) is 0 Å². The molecule has 0 aliphatic heterocycles. The van der Waals surface area contributed by atoms with Gasteiger partial charge in [-0.15, -0.1) is 0 Å². The topological polar surface area (TPSA) is 26.0 Å². The van der Waals surface area contributed by atoms with Gasteiger partial charge in [-0.25, -0.2) is 8.78 Å². The van der Waals surface area contributed by atoms with Crippen molar-refractivity contribution in [2.45, 2.75) is 9.79 Å². The molecule has 0 bridgehead atoms. The average Bonchev–Trinajstić information content (AvgIpc) is 2.28. The summed E-state index contributed by atoms with van der Waals surface area (Å²) in [7, 11) is 0. The number of anilines is 1. The van der Waals surface area contributed by atoms with E-state index in [0.717, 1.165) is 17.8 Å². The first kappa shape index (κ1) is 12.2. The fraction of sp³-hybridized carbons (Fsp3) is 0. The molecule has 0 aliphatic carbocycles. The molecule has 88 valence electrons. The molecule has 1 nitrogen and oxygen atoms in total. The molecular formula is C12H8ClF2NS. The fourth-order valence-corrected chi connectivity index (χ4v) is 2.41. The third kappa shape index (κ3) is 2.70. The van der Waals surface area contributed by atoms with Crippen molar-refractivity contribution >= 4 is 29.1 Å². The lowest BCUT2D eigenvalue weighted by Gasteiger charge is -2.07. The second-order valence-corrected chi connectivity index (χ2v) is 4.82. The summed E-state index contributed by atoms with van der Waals surface area (Å²) in [4.78, 5) is 0.948. The van der Waals surface area contributed by atoms with Crippen LogP contribution in [0.1, 0.15) is 0 Å². The molecule has 0 saturated carbocycles. The minimum absolute atomic E-state index is 0.306. The minimum atomic E-state index is -0.616. The monoisotopic (exact) mass is 271 g/mol. The van der Waals surface area contributed by atoms with Crippen LogP contribution in [0.15, 0.2) is 46.2 Å². The number of halogens is 3. The molecule has 0 radical (unpaired) electrons. The van der Waals surface area contributed by atoms with Gasteiger partial charge in [-0.1, -0.05) is 29.4 Å². The maximum atomic E-state index is 13.4. The van der Waals surface area contributed by atoms with Gasteiger partial charge in [-0.2, -0.15) is 0 Å². The highest BCUT2D eigenvalue weighted by Gasteiger charge is 2.09. The third-order valence-corrected chi connectivity index (χ3v) is 3.58. The largest absolute Gasteiger partial charge is 0.397 e. The van der Waals surface area contributed by atoms with E-state index in [9.17, 15) is 8.78 Å². The molecule has 0 aliphatic rings. The Labute approximate surface area is 107 Å². The normalized spacial score (nSPS) is 10.5. The summed E-state index contributed by atoms with van der Waals surface area (Å²) in [5.41, 5.74) is 6.15. The molecule has 0 saturated heterocycles. The van der Waals surface area contributed by atoms with Crippen molar-refractivity contribution in [3.63, 3.8) is 0 Å². The standard InChI is InChI=1S/C12H8ClF2NS/c13-8-2-1-3-11(12(8)16)17-10-5-4-7(14)6-9(10)15/h1-6H,16H2. The van der Waals surface area contributed by atoms with Crippen LogP contribution in [-0.4, -0.2) is 0 Å². The van der Waals surface area contributed by atoms with Crippen molar-refractivity contribution in [3.05, 3.63) is 53.1 Å². The van der Waals surface area contributed by atoms with Gasteiger partial charge in [-0.3, -0.25) is 0 Å². The van der Waals surface area contributed by atoms with E-state index >= 15 is 0 Å². The van der Waals surface area contributed by atoms with Crippen LogP contribution in [0.4, 0.5) is 14.5 Å². The first-order valence-corrected chi connectivity index (χ1v) is 5.94. The highest BCUT2D eigenvalue weighted by Crippen LogP contribution is 2.36. The Morgan fingerprint density at radius 1 is 1.06 bits per heavy atom. The van der Waals surface area contributed by atoms with Gasteiger partial charge in [0.15, 0.2) is 0 Å². The highest BCUT2D eigenvalue weighted by molar-refractivity contribution is 7.99. The van der Waals surface area contributed by atoms with E-state index < -0.39 is 11.6 Å². The van der Waals surface area contributed by atoms with Gasteiger partial charge < -0.3 is 5.73 Å². The Kier molecular flexibility index (Phi) is 3.54. The molecule has 2 N–H and O–H groups in total. The zero-order valence-electron chi connectivity index (χ0n) is 8.58. The number of benzene rings is 2. The summed E-state index contributed by atoms with van der Waals surface area (Å²) in [5, 5.41) is 0.414. The summed E-state index contributed by atoms with van der Waals surface area (Å²) < 4.78 is 26.2. The van der Waals surface area contributed by atoms with Crippen LogP contribution in [0.2, 0.25) is 5.02 Å². The van der Waals surface area contributed by atoms with Crippen LogP contribution in [0.5, 0.6) is 0 Å². The van der Waals surface area contributed by atoms with Crippen molar-refractivity contribution < 1.29 is 8.78 Å². The molecule has 0 amide bonds. The maximum absolute atomic E-state index is 13.4. The summed E-state index contributed by atoms with van der Waals surface area (Å²) in [6.45, 7) is 0. The Morgan fingerprint density at radius 2 is 1.82 bits per heavy atom. The SMILES string of the molecule is Nc1c(Cl)cccc1Sc1ccc(F)cc1F. The minimum Gasteiger partial charge on any atom is -0.397 e. The molecule has 0 unspecified atom stereocenters. The van der Waals surface area contributed by atoms with E-state index in [4.69, 9.17) is 17.3 Å². The van der Waals surface area contributed by atoms with Crippen LogP contribution in [0, 0.1) is 11.6 Å². The Morgan fingerprint density at radius 3 is 2.53 bits per heavy atom. The second-order valence-electron chi connectivity index (χ2n) is 3.33. The van der Waals surface area contributed by atoms with Crippen molar-refractivity contribution in [1.82, 2.24) is 0 Å². The Hall–Kier alpha value is -1.26. The van der Waals surface area contributed by atoms with Crippen LogP contribution in [0.25, 0.3) is 0 Å². The number of nitrogen functional groups attached to an aromatic ring is 1. The lowest BCUT2D eigenvalue weighted by molar-refractivity contribution is 0.566. The molecule has 0 spiro atoms. The van der Waals surface area contributed by atoms with E-state index in [1.165, 1.54) is 12.1 Å². The lowest BCUT2D eigenvalue weighted by Crippen LogP contribution is -1.90. The quantitative estimate of drug-likeness (QED) is 0.822. The average molecular weight is 272 g/mol. The summed E-state index contributed by atoms with van der Waals surface area (Å²) in [6.07, 6.45) is 0.